The van der Waals surface area contributed by atoms with Gasteiger partial charge in [0.25, 0.3) is 0 Å². The summed E-state index contributed by atoms with van der Waals surface area (Å²) in [6.07, 6.45) is 0.974. The molecule has 1 saturated heterocycles. The molecule has 1 aliphatic heterocycles. The Morgan fingerprint density at radius 1 is 1.17 bits per heavy atom. The van der Waals surface area contributed by atoms with E-state index in [0.29, 0.717) is 35.0 Å². The number of imidazole rings is 1. The molecule has 1 aromatic heterocycles. The Kier molecular flexibility index (Phi) is 8.42. The van der Waals surface area contributed by atoms with Crippen LogP contribution in [0.3, 0.4) is 0 Å². The van der Waals surface area contributed by atoms with Gasteiger partial charge in [-0.2, -0.15) is 0 Å². The van der Waals surface area contributed by atoms with Gasteiger partial charge >= 0.3 is 0 Å². The maximum absolute atomic E-state index is 8.15. The second kappa shape index (κ2) is 11.7. The Bertz CT molecular complexity index is 1320. The fourth-order valence-electron chi connectivity index (χ4n) is 4.18. The molecule has 188 valence electrons. The van der Waals surface area contributed by atoms with Crippen molar-refractivity contribution < 1.29 is 0 Å². The SMILES string of the molecule is CC(C)N=C(N)CCC(=N)C#Cc1cc(-c2nc3ccc(CN4CCN(C)CC4)cc3[nH]2)ccc1Cl. The monoisotopic (exact) mass is 503 g/mol. The Labute approximate surface area is 218 Å². The number of rotatable bonds is 7. The van der Waals surface area contributed by atoms with Crippen LogP contribution in [-0.2, 0) is 6.54 Å². The van der Waals surface area contributed by atoms with Gasteiger partial charge in [0.15, 0.2) is 0 Å². The maximum atomic E-state index is 8.15. The zero-order valence-electron chi connectivity index (χ0n) is 21.2. The van der Waals surface area contributed by atoms with Gasteiger partial charge in [-0.15, -0.1) is 0 Å². The first-order chi connectivity index (χ1) is 17.3. The minimum absolute atomic E-state index is 0.147. The van der Waals surface area contributed by atoms with E-state index >= 15 is 0 Å². The zero-order chi connectivity index (χ0) is 25.7. The Morgan fingerprint density at radius 3 is 2.69 bits per heavy atom. The lowest BCUT2D eigenvalue weighted by atomic mass is 10.1. The third-order valence-electron chi connectivity index (χ3n) is 6.19. The number of piperazine rings is 1. The number of aliphatic imine (C=N–C) groups is 1. The van der Waals surface area contributed by atoms with Gasteiger partial charge in [-0.25, -0.2) is 4.98 Å². The number of aromatic nitrogens is 2. The van der Waals surface area contributed by atoms with Crippen LogP contribution in [0.4, 0.5) is 0 Å². The van der Waals surface area contributed by atoms with Crippen LogP contribution in [0.5, 0.6) is 0 Å². The molecule has 3 aromatic rings. The van der Waals surface area contributed by atoms with Crippen LogP contribution in [0.25, 0.3) is 22.4 Å². The van der Waals surface area contributed by atoms with Gasteiger partial charge in [0.2, 0.25) is 0 Å². The maximum Gasteiger partial charge on any atom is 0.138 e. The van der Waals surface area contributed by atoms with Crippen molar-refractivity contribution in [3.05, 3.63) is 52.5 Å². The molecule has 2 aromatic carbocycles. The van der Waals surface area contributed by atoms with Crippen molar-refractivity contribution in [3.8, 4) is 23.2 Å². The Morgan fingerprint density at radius 2 is 1.94 bits per heavy atom. The van der Waals surface area contributed by atoms with Gasteiger partial charge in [0, 0.05) is 62.7 Å². The molecule has 8 heteroatoms. The second-order valence-electron chi connectivity index (χ2n) is 9.65. The van der Waals surface area contributed by atoms with Gasteiger partial charge in [-0.1, -0.05) is 23.6 Å². The van der Waals surface area contributed by atoms with E-state index in [2.05, 4.69) is 56.9 Å². The molecule has 2 heterocycles. The fraction of sp³-hybridized carbons (Fsp3) is 0.393. The summed E-state index contributed by atoms with van der Waals surface area (Å²) in [5, 5.41) is 8.69. The quantitative estimate of drug-likeness (QED) is 0.250. The fourth-order valence-corrected chi connectivity index (χ4v) is 4.34. The lowest BCUT2D eigenvalue weighted by molar-refractivity contribution is 0.148. The minimum Gasteiger partial charge on any atom is -0.387 e. The highest BCUT2D eigenvalue weighted by Gasteiger charge is 2.15. The first kappa shape index (κ1) is 25.9. The summed E-state index contributed by atoms with van der Waals surface area (Å²) in [5.74, 6) is 7.27. The predicted octanol–water partition coefficient (Wildman–Crippen LogP) is 4.55. The summed E-state index contributed by atoms with van der Waals surface area (Å²) in [6.45, 7) is 9.29. The van der Waals surface area contributed by atoms with Crippen LogP contribution >= 0.6 is 11.6 Å². The summed E-state index contributed by atoms with van der Waals surface area (Å²) in [7, 11) is 2.17. The molecule has 7 nitrogen and oxygen atoms in total. The molecule has 0 unspecified atom stereocenters. The number of fused-ring (bicyclic) bond motifs is 1. The number of amidine groups is 1. The Hall–Kier alpha value is -3.18. The molecule has 4 N–H and O–H groups in total. The van der Waals surface area contributed by atoms with E-state index in [-0.39, 0.29) is 6.04 Å². The molecule has 0 spiro atoms. The molecule has 0 atom stereocenters. The zero-order valence-corrected chi connectivity index (χ0v) is 22.0. The molecule has 0 saturated carbocycles. The third-order valence-corrected chi connectivity index (χ3v) is 6.52. The van der Waals surface area contributed by atoms with E-state index in [1.165, 1.54) is 5.56 Å². The van der Waals surface area contributed by atoms with Crippen molar-refractivity contribution in [2.75, 3.05) is 33.2 Å². The smallest absolute Gasteiger partial charge is 0.138 e. The number of likely N-dealkylation sites (N-methyl/N-ethyl adjacent to an activating group) is 1. The second-order valence-corrected chi connectivity index (χ2v) is 10.1. The van der Waals surface area contributed by atoms with Crippen molar-refractivity contribution in [1.29, 1.82) is 5.41 Å². The highest BCUT2D eigenvalue weighted by atomic mass is 35.5. The summed E-state index contributed by atoms with van der Waals surface area (Å²) < 4.78 is 0. The van der Waals surface area contributed by atoms with Crippen LogP contribution in [0.1, 0.15) is 37.8 Å². The van der Waals surface area contributed by atoms with E-state index in [1.54, 1.807) is 0 Å². The number of nitrogens with zero attached hydrogens (tertiary/aromatic N) is 4. The number of nitrogens with one attached hydrogen (secondary N) is 2. The lowest BCUT2D eigenvalue weighted by Gasteiger charge is -2.32. The summed E-state index contributed by atoms with van der Waals surface area (Å²) in [6, 6.07) is 12.3. The molecule has 36 heavy (non-hydrogen) atoms. The third kappa shape index (κ3) is 6.94. The average Bonchev–Trinajstić information content (AvgIpc) is 3.27. The number of aromatic amines is 1. The number of hydrogen-bond acceptors (Lipinski definition) is 5. The molecule has 0 bridgehead atoms. The first-order valence-corrected chi connectivity index (χ1v) is 12.8. The summed E-state index contributed by atoms with van der Waals surface area (Å²) >= 11 is 6.40. The molecule has 1 fully saturated rings. The standard InChI is InChI=1S/C28H34ClN7/c1-19(2)32-27(31)11-8-23(30)7-5-21-17-22(6-9-24(21)29)28-33-25-10-4-20(16-26(25)34-28)18-36-14-12-35(3)13-15-36/h4,6,9-10,16-17,19,30H,8,11-15,18H2,1-3H3,(H2,31,32)(H,33,34). The minimum atomic E-state index is 0.147. The highest BCUT2D eigenvalue weighted by molar-refractivity contribution is 6.31. The van der Waals surface area contributed by atoms with Crippen molar-refractivity contribution in [3.63, 3.8) is 0 Å². The molecular weight excluding hydrogens is 470 g/mol. The van der Waals surface area contributed by atoms with E-state index < -0.39 is 0 Å². The molecular formula is C28H34ClN7. The number of benzene rings is 2. The molecule has 0 aliphatic carbocycles. The molecule has 1 aliphatic rings. The van der Waals surface area contributed by atoms with Gasteiger partial charge in [-0.3, -0.25) is 15.3 Å². The summed E-state index contributed by atoms with van der Waals surface area (Å²) in [4.78, 5) is 17.4. The molecule has 0 radical (unpaired) electrons. The van der Waals surface area contributed by atoms with Crippen LogP contribution in [0.2, 0.25) is 5.02 Å². The lowest BCUT2D eigenvalue weighted by Crippen LogP contribution is -2.43. The topological polar surface area (TPSA) is 97.4 Å². The Balaban J connectivity index is 1.47. The number of nitrogens with two attached hydrogens (primary N) is 1. The molecule has 0 amide bonds. The van der Waals surface area contributed by atoms with Crippen molar-refractivity contribution in [1.82, 2.24) is 19.8 Å². The van der Waals surface area contributed by atoms with Gasteiger partial charge in [0.1, 0.15) is 5.82 Å². The van der Waals surface area contributed by atoms with E-state index in [4.69, 9.17) is 27.7 Å². The number of hydrogen-bond donors (Lipinski definition) is 3. The van der Waals surface area contributed by atoms with Crippen molar-refractivity contribution in [2.45, 2.75) is 39.3 Å². The first-order valence-electron chi connectivity index (χ1n) is 12.4. The van der Waals surface area contributed by atoms with E-state index in [9.17, 15) is 0 Å². The number of halogens is 1. The van der Waals surface area contributed by atoms with Crippen LogP contribution < -0.4 is 5.73 Å². The summed E-state index contributed by atoms with van der Waals surface area (Å²) in [5.41, 5.74) is 11.0. The van der Waals surface area contributed by atoms with Crippen molar-refractivity contribution >= 4 is 34.2 Å². The van der Waals surface area contributed by atoms with Crippen molar-refractivity contribution in [2.24, 2.45) is 10.7 Å². The van der Waals surface area contributed by atoms with Crippen LogP contribution in [0.15, 0.2) is 41.4 Å². The predicted molar refractivity (Wildman–Crippen MR) is 150 cm³/mol. The van der Waals surface area contributed by atoms with E-state index in [0.717, 1.165) is 55.1 Å². The van der Waals surface area contributed by atoms with Crippen LogP contribution in [0, 0.1) is 17.3 Å². The normalized spacial score (nSPS) is 15.3. The molecule has 4 rings (SSSR count). The largest absolute Gasteiger partial charge is 0.387 e. The van der Waals surface area contributed by atoms with Crippen LogP contribution in [-0.4, -0.2) is 70.6 Å². The van der Waals surface area contributed by atoms with Gasteiger partial charge in [0.05, 0.1) is 27.6 Å². The number of H-pyrrole nitrogens is 1. The average molecular weight is 504 g/mol. The van der Waals surface area contributed by atoms with Gasteiger partial charge < -0.3 is 15.6 Å². The van der Waals surface area contributed by atoms with E-state index in [1.807, 2.05) is 32.0 Å². The van der Waals surface area contributed by atoms with Gasteiger partial charge in [-0.05, 0) is 62.7 Å². The highest BCUT2D eigenvalue weighted by Crippen LogP contribution is 2.26.